The van der Waals surface area contributed by atoms with Gasteiger partial charge in [0.15, 0.2) is 5.82 Å². The molecule has 2 aromatic carbocycles. The van der Waals surface area contributed by atoms with E-state index in [0.29, 0.717) is 42.2 Å². The van der Waals surface area contributed by atoms with Gasteiger partial charge >= 0.3 is 12.2 Å². The Balaban J connectivity index is 1.31. The van der Waals surface area contributed by atoms with Gasteiger partial charge in [0.05, 0.1) is 33.8 Å². The van der Waals surface area contributed by atoms with Crippen molar-refractivity contribution in [1.82, 2.24) is 19.9 Å². The molecule has 56 heavy (non-hydrogen) atoms. The minimum Gasteiger partial charge on any atom is -0.490 e. The lowest BCUT2D eigenvalue weighted by atomic mass is 9.91. The number of alkyl halides is 4. The number of anilines is 3. The van der Waals surface area contributed by atoms with Crippen LogP contribution in [-0.2, 0) is 6.18 Å². The van der Waals surface area contributed by atoms with E-state index >= 15 is 22.0 Å². The normalized spacial score (nSPS) is 21.6. The summed E-state index contributed by atoms with van der Waals surface area (Å²) in [6.45, 7) is 0.633. The van der Waals surface area contributed by atoms with Gasteiger partial charge in [-0.15, -0.1) is 11.3 Å². The number of benzene rings is 2. The first kappa shape index (κ1) is 36.6. The Morgan fingerprint density at radius 1 is 1.12 bits per heavy atom. The van der Waals surface area contributed by atoms with Crippen LogP contribution in [0.5, 0.6) is 11.8 Å². The molecular weight excluding hydrogens is 759 g/mol. The predicted molar refractivity (Wildman–Crippen MR) is 199 cm³/mol. The average molecular weight is 795 g/mol. The minimum atomic E-state index is -5.23. The van der Waals surface area contributed by atoms with E-state index in [4.69, 9.17) is 25.9 Å². The largest absolute Gasteiger partial charge is 0.490 e. The number of fused-ring (bicyclic) bond motifs is 2. The maximum atomic E-state index is 17.6. The monoisotopic (exact) mass is 794 g/mol. The second-order valence-electron chi connectivity index (χ2n) is 15.1. The Labute approximate surface area is 321 Å². The van der Waals surface area contributed by atoms with Crippen LogP contribution in [0.25, 0.3) is 32.1 Å². The lowest BCUT2D eigenvalue weighted by Gasteiger charge is -2.34. The zero-order valence-corrected chi connectivity index (χ0v) is 30.8. The zero-order valence-electron chi connectivity index (χ0n) is 29.9. The molecule has 0 unspecified atom stereocenters. The number of pyridine rings is 1. The molecule has 0 amide bonds. The lowest BCUT2D eigenvalue weighted by Crippen LogP contribution is -2.43. The van der Waals surface area contributed by atoms with Crippen LogP contribution >= 0.6 is 11.3 Å². The van der Waals surface area contributed by atoms with Gasteiger partial charge in [0, 0.05) is 35.7 Å². The third kappa shape index (κ3) is 5.99. The number of nitriles is 1. The van der Waals surface area contributed by atoms with Crippen molar-refractivity contribution < 1.29 is 35.8 Å². The average Bonchev–Trinajstić information content (AvgIpc) is 3.76. The van der Waals surface area contributed by atoms with Crippen LogP contribution in [0, 0.1) is 28.9 Å². The molecule has 0 spiro atoms. The molecule has 4 N–H and O–H groups in total. The molecular formula is C39H36F6N8O2S. The van der Waals surface area contributed by atoms with E-state index in [9.17, 15) is 9.65 Å². The Kier molecular flexibility index (Phi) is 8.84. The Morgan fingerprint density at radius 3 is 2.70 bits per heavy atom. The molecule has 1 aliphatic carbocycles. The van der Waals surface area contributed by atoms with Crippen LogP contribution in [0.15, 0.2) is 30.5 Å². The van der Waals surface area contributed by atoms with Gasteiger partial charge in [-0.05, 0) is 55.8 Å². The topological polar surface area (TPSA) is 139 Å². The standard InChI is InChI=1S/C39H36F6N8O2S/c40-20-15-38(10-2-12-52(38)17-20)18-55-37-50-31-28-32(54-14-13-53(36(28)51-37)25(9-6-19-4-5-19)21-3-1-11-49-34(21)47)29(39(43,44)45)27(30(31)42)22-7-8-24(41)33-26(22)23(16-46)35(48)56-33/h1,3,7-8,11,19-20,25H,2,4-6,9-10,12-15,17-18,48H2,(H2,47,49)/t20-,25-,38+/m1/s1. The van der Waals surface area contributed by atoms with Crippen molar-refractivity contribution in [2.45, 2.75) is 68.9 Å². The summed E-state index contributed by atoms with van der Waals surface area (Å²) in [5, 5.41) is 9.26. The van der Waals surface area contributed by atoms with Gasteiger partial charge in [-0.25, -0.2) is 18.2 Å². The van der Waals surface area contributed by atoms with Crippen LogP contribution in [-0.4, -0.2) is 64.4 Å². The number of nitrogens with zero attached hydrogens (tertiary/aromatic N) is 6. The van der Waals surface area contributed by atoms with Crippen LogP contribution in [0.4, 0.5) is 43.0 Å². The van der Waals surface area contributed by atoms with Crippen LogP contribution in [0.1, 0.15) is 67.7 Å². The van der Waals surface area contributed by atoms with Gasteiger partial charge in [0.25, 0.3) is 0 Å². The van der Waals surface area contributed by atoms with Gasteiger partial charge in [-0.2, -0.15) is 28.4 Å². The van der Waals surface area contributed by atoms with Crippen LogP contribution in [0.3, 0.4) is 0 Å². The van der Waals surface area contributed by atoms with E-state index in [2.05, 4.69) is 9.97 Å². The summed E-state index contributed by atoms with van der Waals surface area (Å²) in [6.07, 6.45) is 0.377. The second kappa shape index (κ2) is 13.5. The maximum absolute atomic E-state index is 17.6. The number of aromatic nitrogens is 3. The van der Waals surface area contributed by atoms with Crippen molar-refractivity contribution in [2.24, 2.45) is 5.92 Å². The maximum Gasteiger partial charge on any atom is 0.420 e. The highest BCUT2D eigenvalue weighted by Gasteiger charge is 2.50. The Morgan fingerprint density at radius 2 is 1.95 bits per heavy atom. The molecule has 3 aliphatic heterocycles. The molecule has 1 saturated carbocycles. The fraction of sp³-hybridized carbons (Fsp3) is 0.436. The van der Waals surface area contributed by atoms with Crippen molar-refractivity contribution in [1.29, 1.82) is 5.26 Å². The molecule has 6 heterocycles. The predicted octanol–water partition coefficient (Wildman–Crippen LogP) is 8.33. The van der Waals surface area contributed by atoms with E-state index in [1.54, 1.807) is 23.2 Å². The molecule has 3 fully saturated rings. The summed E-state index contributed by atoms with van der Waals surface area (Å²) in [4.78, 5) is 17.3. The Hall–Kier alpha value is -5.08. The quantitative estimate of drug-likeness (QED) is 0.140. The second-order valence-corrected chi connectivity index (χ2v) is 16.2. The number of halogens is 6. The molecule has 5 aromatic rings. The number of hydrogen-bond acceptors (Lipinski definition) is 11. The molecule has 17 heteroatoms. The fourth-order valence-corrected chi connectivity index (χ4v) is 9.96. The fourth-order valence-electron chi connectivity index (χ4n) is 9.01. The SMILES string of the molecule is N#Cc1c(N)sc2c(F)ccc(-c3c(C(F)(F)F)c4c5c(nc(OC[C@@]67CCCN6C[C@H](F)C7)nc5c3F)N([C@H](CCC3CC3)c3cccnc3N)CCO4)c12. The number of nitrogens with two attached hydrogens (primary N) is 2. The molecule has 4 aliphatic rings. The summed E-state index contributed by atoms with van der Waals surface area (Å²) in [5.41, 5.74) is 8.76. The first-order valence-corrected chi connectivity index (χ1v) is 19.4. The number of ether oxygens (including phenoxy) is 2. The summed E-state index contributed by atoms with van der Waals surface area (Å²) in [6, 6.07) is 6.40. The highest BCUT2D eigenvalue weighted by Crippen LogP contribution is 2.54. The van der Waals surface area contributed by atoms with Gasteiger partial charge in [-0.3, -0.25) is 4.90 Å². The molecule has 0 bridgehead atoms. The van der Waals surface area contributed by atoms with Gasteiger partial charge in [-0.1, -0.05) is 25.0 Å². The van der Waals surface area contributed by atoms with E-state index in [0.717, 1.165) is 37.8 Å². The smallest absolute Gasteiger partial charge is 0.420 e. The molecule has 10 nitrogen and oxygen atoms in total. The molecule has 292 valence electrons. The van der Waals surface area contributed by atoms with Crippen molar-refractivity contribution in [3.63, 3.8) is 0 Å². The van der Waals surface area contributed by atoms with E-state index in [-0.39, 0.29) is 76.4 Å². The summed E-state index contributed by atoms with van der Waals surface area (Å²) in [7, 11) is 0. The van der Waals surface area contributed by atoms with Crippen molar-refractivity contribution in [3.8, 4) is 29.0 Å². The third-order valence-electron chi connectivity index (χ3n) is 11.7. The van der Waals surface area contributed by atoms with Crippen molar-refractivity contribution in [3.05, 3.63) is 58.8 Å². The van der Waals surface area contributed by atoms with Crippen LogP contribution < -0.4 is 25.8 Å². The van der Waals surface area contributed by atoms with Gasteiger partial charge < -0.3 is 25.8 Å². The number of nitrogen functional groups attached to an aromatic ring is 2. The molecule has 0 radical (unpaired) electrons. The molecule has 2 saturated heterocycles. The highest BCUT2D eigenvalue weighted by molar-refractivity contribution is 7.23. The number of thiophene rings is 1. The Bertz CT molecular complexity index is 2430. The number of hydrogen-bond donors (Lipinski definition) is 2. The van der Waals surface area contributed by atoms with Crippen LogP contribution in [0.2, 0.25) is 0 Å². The number of rotatable bonds is 9. The van der Waals surface area contributed by atoms with Gasteiger partial charge in [0.2, 0.25) is 0 Å². The van der Waals surface area contributed by atoms with E-state index < -0.39 is 63.5 Å². The molecule has 3 aromatic heterocycles. The highest BCUT2D eigenvalue weighted by atomic mass is 32.1. The van der Waals surface area contributed by atoms with Gasteiger partial charge in [0.1, 0.15) is 64.7 Å². The summed E-state index contributed by atoms with van der Waals surface area (Å²) in [5.74, 6) is -2.32. The first-order valence-electron chi connectivity index (χ1n) is 18.6. The zero-order chi connectivity index (χ0) is 39.1. The van der Waals surface area contributed by atoms with E-state index in [1.807, 2.05) is 11.0 Å². The van der Waals surface area contributed by atoms with E-state index in [1.165, 1.54) is 0 Å². The third-order valence-corrected chi connectivity index (χ3v) is 12.7. The first-order chi connectivity index (χ1) is 26.9. The molecule has 9 rings (SSSR count). The lowest BCUT2D eigenvalue weighted by molar-refractivity contribution is -0.138. The molecule has 3 atom stereocenters. The van der Waals surface area contributed by atoms with Crippen molar-refractivity contribution in [2.75, 3.05) is 49.2 Å². The summed E-state index contributed by atoms with van der Waals surface area (Å²) >= 11 is 0.677. The minimum absolute atomic E-state index is 0.0137. The van der Waals surface area contributed by atoms with Crippen molar-refractivity contribution >= 4 is 49.0 Å². The summed E-state index contributed by atoms with van der Waals surface area (Å²) < 4.78 is 106.